The van der Waals surface area contributed by atoms with Crippen LogP contribution in [0.4, 0.5) is 19.0 Å². The Morgan fingerprint density at radius 2 is 1.59 bits per heavy atom. The Balaban J connectivity index is 1.65. The summed E-state index contributed by atoms with van der Waals surface area (Å²) in [7, 11) is 2.70. The van der Waals surface area contributed by atoms with E-state index < -0.39 is 34.8 Å². The first kappa shape index (κ1) is 23.7. The lowest BCUT2D eigenvalue weighted by Crippen LogP contribution is -2.52. The predicted molar refractivity (Wildman–Crippen MR) is 113 cm³/mol. The van der Waals surface area contributed by atoms with Gasteiger partial charge in [-0.25, -0.2) is 4.79 Å². The summed E-state index contributed by atoms with van der Waals surface area (Å²) < 4.78 is 40.1. The Kier molecular flexibility index (Phi) is 6.61. The summed E-state index contributed by atoms with van der Waals surface area (Å²) in [6.45, 7) is 4.50. The highest BCUT2D eigenvalue weighted by Crippen LogP contribution is 2.29. The summed E-state index contributed by atoms with van der Waals surface area (Å²) in [5, 5.41) is 0. The van der Waals surface area contributed by atoms with E-state index in [0.29, 0.717) is 32.7 Å². The standard InChI is InChI=1S/C21H26F3N5O3/c1-13(17(30)16-18(25)26(2)20(32)27(3)19(16)31)29-10-8-28(9-11-29)12-14-4-6-15(7-5-14)21(22,23)24/h4-7,13H,8-12,25H2,1-3H3/t13-/m1/s1. The second-order valence-corrected chi connectivity index (χ2v) is 8.01. The predicted octanol–water partition coefficient (Wildman–Crippen LogP) is 1.07. The van der Waals surface area contributed by atoms with Gasteiger partial charge < -0.3 is 5.73 Å². The van der Waals surface area contributed by atoms with Crippen molar-refractivity contribution in [1.82, 2.24) is 18.9 Å². The van der Waals surface area contributed by atoms with Crippen molar-refractivity contribution in [3.05, 3.63) is 61.8 Å². The van der Waals surface area contributed by atoms with Crippen molar-refractivity contribution < 1.29 is 18.0 Å². The number of rotatable bonds is 5. The van der Waals surface area contributed by atoms with Crippen LogP contribution in [0.5, 0.6) is 0 Å². The molecule has 8 nitrogen and oxygen atoms in total. The maximum atomic E-state index is 13.0. The van der Waals surface area contributed by atoms with Crippen LogP contribution in [0.25, 0.3) is 0 Å². The number of piperazine rings is 1. The van der Waals surface area contributed by atoms with Crippen LogP contribution in [0.15, 0.2) is 33.9 Å². The second-order valence-electron chi connectivity index (χ2n) is 8.01. The van der Waals surface area contributed by atoms with Crippen LogP contribution in [0.3, 0.4) is 0 Å². The molecule has 0 unspecified atom stereocenters. The molecule has 1 aliphatic heterocycles. The summed E-state index contributed by atoms with van der Waals surface area (Å²) in [5.74, 6) is -0.606. The number of alkyl halides is 3. The maximum Gasteiger partial charge on any atom is 0.416 e. The molecule has 2 N–H and O–H groups in total. The van der Waals surface area contributed by atoms with Gasteiger partial charge in [-0.1, -0.05) is 12.1 Å². The number of Topliss-reactive ketones (excluding diaryl/α,β-unsaturated/α-hetero) is 1. The van der Waals surface area contributed by atoms with E-state index in [-0.39, 0.29) is 11.4 Å². The van der Waals surface area contributed by atoms with Crippen LogP contribution in [0, 0.1) is 0 Å². The number of halogens is 3. The minimum Gasteiger partial charge on any atom is -0.384 e. The zero-order chi connectivity index (χ0) is 23.8. The van der Waals surface area contributed by atoms with E-state index in [1.165, 1.54) is 26.2 Å². The lowest BCUT2D eigenvalue weighted by molar-refractivity contribution is -0.137. The van der Waals surface area contributed by atoms with Gasteiger partial charge in [0.2, 0.25) is 0 Å². The molecule has 1 saturated heterocycles. The van der Waals surface area contributed by atoms with Crippen molar-refractivity contribution in [2.75, 3.05) is 31.9 Å². The van der Waals surface area contributed by atoms with Gasteiger partial charge in [-0.3, -0.25) is 28.5 Å². The number of hydrogen-bond donors (Lipinski definition) is 1. The maximum absolute atomic E-state index is 13.0. The van der Waals surface area contributed by atoms with Gasteiger partial charge in [0, 0.05) is 46.8 Å². The second kappa shape index (κ2) is 8.91. The van der Waals surface area contributed by atoms with Crippen molar-refractivity contribution in [3.63, 3.8) is 0 Å². The number of nitrogens with two attached hydrogens (primary N) is 1. The Labute approximate surface area is 182 Å². The number of carbonyl (C=O) groups excluding carboxylic acids is 1. The third-order valence-corrected chi connectivity index (χ3v) is 5.98. The lowest BCUT2D eigenvalue weighted by atomic mass is 10.0. The summed E-state index contributed by atoms with van der Waals surface area (Å²) >= 11 is 0. The molecular formula is C21H26F3N5O3. The minimum absolute atomic E-state index is 0.157. The number of ketones is 1. The molecule has 2 aromatic rings. The number of nitrogens with zero attached hydrogens (tertiary/aromatic N) is 4. The average Bonchev–Trinajstić information content (AvgIpc) is 2.76. The first-order valence-corrected chi connectivity index (χ1v) is 10.1. The SMILES string of the molecule is C[C@H](C(=O)c1c(N)n(C)c(=O)n(C)c1=O)N1CCN(Cc2ccc(C(F)(F)F)cc2)CC1. The quantitative estimate of drug-likeness (QED) is 0.681. The fourth-order valence-corrected chi connectivity index (χ4v) is 3.83. The highest BCUT2D eigenvalue weighted by molar-refractivity contribution is 6.03. The van der Waals surface area contributed by atoms with Gasteiger partial charge >= 0.3 is 11.9 Å². The van der Waals surface area contributed by atoms with E-state index in [0.717, 1.165) is 26.8 Å². The molecule has 0 saturated carbocycles. The van der Waals surface area contributed by atoms with Gasteiger partial charge in [0.1, 0.15) is 11.4 Å². The fraction of sp³-hybridized carbons (Fsp3) is 0.476. The highest BCUT2D eigenvalue weighted by atomic mass is 19.4. The van der Waals surface area contributed by atoms with E-state index in [1.54, 1.807) is 6.92 Å². The van der Waals surface area contributed by atoms with Crippen molar-refractivity contribution in [1.29, 1.82) is 0 Å². The van der Waals surface area contributed by atoms with E-state index in [2.05, 4.69) is 4.90 Å². The first-order chi connectivity index (χ1) is 14.9. The van der Waals surface area contributed by atoms with Crippen LogP contribution in [0.2, 0.25) is 0 Å². The molecule has 1 atom stereocenters. The Morgan fingerprint density at radius 1 is 1.03 bits per heavy atom. The van der Waals surface area contributed by atoms with Gasteiger partial charge in [0.05, 0.1) is 11.6 Å². The Hall–Kier alpha value is -2.92. The van der Waals surface area contributed by atoms with E-state index in [9.17, 15) is 27.6 Å². The van der Waals surface area contributed by atoms with Gasteiger partial charge in [-0.15, -0.1) is 0 Å². The Morgan fingerprint density at radius 3 is 2.12 bits per heavy atom. The molecular weight excluding hydrogens is 427 g/mol. The van der Waals surface area contributed by atoms with Gasteiger partial charge in [-0.05, 0) is 24.6 Å². The van der Waals surface area contributed by atoms with Crippen molar-refractivity contribution in [2.45, 2.75) is 25.7 Å². The molecule has 1 fully saturated rings. The molecule has 1 aliphatic rings. The average molecular weight is 453 g/mol. The molecule has 1 aromatic carbocycles. The Bertz CT molecular complexity index is 1110. The number of hydrogen-bond acceptors (Lipinski definition) is 6. The zero-order valence-corrected chi connectivity index (χ0v) is 18.1. The van der Waals surface area contributed by atoms with Crippen LogP contribution in [-0.2, 0) is 26.8 Å². The van der Waals surface area contributed by atoms with Crippen molar-refractivity contribution in [3.8, 4) is 0 Å². The molecule has 0 spiro atoms. The van der Waals surface area contributed by atoms with Crippen molar-refractivity contribution >= 4 is 11.6 Å². The van der Waals surface area contributed by atoms with Crippen LogP contribution < -0.4 is 17.0 Å². The van der Waals surface area contributed by atoms with E-state index >= 15 is 0 Å². The molecule has 0 amide bonds. The number of nitrogen functional groups attached to an aromatic ring is 1. The van der Waals surface area contributed by atoms with E-state index in [1.807, 2.05) is 4.90 Å². The van der Waals surface area contributed by atoms with Crippen LogP contribution in [0.1, 0.15) is 28.4 Å². The van der Waals surface area contributed by atoms with Crippen molar-refractivity contribution in [2.24, 2.45) is 14.1 Å². The minimum atomic E-state index is -4.36. The molecule has 174 valence electrons. The first-order valence-electron chi connectivity index (χ1n) is 10.1. The molecule has 0 bridgehead atoms. The van der Waals surface area contributed by atoms with Crippen LogP contribution >= 0.6 is 0 Å². The van der Waals surface area contributed by atoms with Gasteiger partial charge in [-0.2, -0.15) is 13.2 Å². The molecule has 0 radical (unpaired) electrons. The van der Waals surface area contributed by atoms with E-state index in [4.69, 9.17) is 5.73 Å². The number of anilines is 1. The summed E-state index contributed by atoms with van der Waals surface area (Å²) in [4.78, 5) is 41.5. The molecule has 0 aliphatic carbocycles. The molecule has 2 heterocycles. The third-order valence-electron chi connectivity index (χ3n) is 5.98. The number of aromatic nitrogens is 2. The molecule has 11 heteroatoms. The molecule has 3 rings (SSSR count). The fourth-order valence-electron chi connectivity index (χ4n) is 3.83. The monoisotopic (exact) mass is 453 g/mol. The van der Waals surface area contributed by atoms with Gasteiger partial charge in [0.25, 0.3) is 5.56 Å². The number of benzene rings is 1. The number of carbonyl (C=O) groups is 1. The molecule has 32 heavy (non-hydrogen) atoms. The third kappa shape index (κ3) is 4.63. The normalized spacial score (nSPS) is 16.8. The van der Waals surface area contributed by atoms with Gasteiger partial charge in [0.15, 0.2) is 5.78 Å². The highest BCUT2D eigenvalue weighted by Gasteiger charge is 2.31. The lowest BCUT2D eigenvalue weighted by Gasteiger charge is -2.37. The van der Waals surface area contributed by atoms with Crippen LogP contribution in [-0.4, -0.2) is 56.9 Å². The zero-order valence-electron chi connectivity index (χ0n) is 18.1. The largest absolute Gasteiger partial charge is 0.416 e. The smallest absolute Gasteiger partial charge is 0.384 e. The summed E-state index contributed by atoms with van der Waals surface area (Å²) in [5.41, 5.74) is 4.47. The summed E-state index contributed by atoms with van der Waals surface area (Å²) in [6.07, 6.45) is -4.36. The molecule has 1 aromatic heterocycles. The topological polar surface area (TPSA) is 93.6 Å². The summed E-state index contributed by atoms with van der Waals surface area (Å²) in [6, 6.07) is 4.48.